The van der Waals surface area contributed by atoms with Crippen LogP contribution >= 0.6 is 0 Å². The number of rotatable bonds is 4. The molecule has 0 amide bonds. The fraction of sp³-hybridized carbons (Fsp3) is 0.278. The number of ether oxygens (including phenoxy) is 1. The molecule has 1 atom stereocenters. The molecule has 1 aliphatic rings. The minimum Gasteiger partial charge on any atom is -0.497 e. The van der Waals surface area contributed by atoms with Crippen molar-refractivity contribution in [3.8, 4) is 11.8 Å². The summed E-state index contributed by atoms with van der Waals surface area (Å²) < 4.78 is 33.8. The summed E-state index contributed by atoms with van der Waals surface area (Å²) in [7, 11) is -2.20. The first-order chi connectivity index (χ1) is 12.0. The van der Waals surface area contributed by atoms with Gasteiger partial charge in [0.25, 0.3) is 0 Å². The molecule has 0 radical (unpaired) electrons. The summed E-state index contributed by atoms with van der Waals surface area (Å²) >= 11 is 0. The van der Waals surface area contributed by atoms with E-state index in [1.807, 2.05) is 49.4 Å². The van der Waals surface area contributed by atoms with Crippen molar-refractivity contribution in [2.75, 3.05) is 24.5 Å². The fourth-order valence-corrected chi connectivity index (χ4v) is 4.66. The standard InChI is InChI=1S/C18H19N3O3S/c1-14-6-8-16(9-7-14)21-18(13-20(11-10-19)25(21,22)23)15-4-3-5-17(12-15)24-2/h3-9,12,18H,11,13H2,1-2H3/t18-/m1/s1. The van der Waals surface area contributed by atoms with Gasteiger partial charge in [0.1, 0.15) is 12.3 Å². The van der Waals surface area contributed by atoms with Gasteiger partial charge in [-0.1, -0.05) is 29.8 Å². The third kappa shape index (κ3) is 3.18. The summed E-state index contributed by atoms with van der Waals surface area (Å²) in [6.45, 7) is 1.99. The highest BCUT2D eigenvalue weighted by molar-refractivity contribution is 7.90. The van der Waals surface area contributed by atoms with Crippen LogP contribution in [0, 0.1) is 18.3 Å². The maximum absolute atomic E-state index is 13.0. The molecule has 130 valence electrons. The number of benzene rings is 2. The lowest BCUT2D eigenvalue weighted by Crippen LogP contribution is -2.33. The molecule has 1 saturated heterocycles. The molecule has 1 heterocycles. The Morgan fingerprint density at radius 3 is 2.60 bits per heavy atom. The molecule has 0 N–H and O–H groups in total. The maximum Gasteiger partial charge on any atom is 0.305 e. The molecule has 0 unspecified atom stereocenters. The average molecular weight is 357 g/mol. The zero-order chi connectivity index (χ0) is 18.0. The number of nitriles is 1. The topological polar surface area (TPSA) is 73.6 Å². The van der Waals surface area contributed by atoms with Crippen molar-refractivity contribution < 1.29 is 13.2 Å². The van der Waals surface area contributed by atoms with E-state index in [1.54, 1.807) is 19.2 Å². The van der Waals surface area contributed by atoms with E-state index in [2.05, 4.69) is 0 Å². The van der Waals surface area contributed by atoms with E-state index < -0.39 is 16.3 Å². The molecule has 1 fully saturated rings. The first-order valence-electron chi connectivity index (χ1n) is 7.84. The Kier molecular flexibility index (Phi) is 4.66. The molecule has 2 aromatic carbocycles. The van der Waals surface area contributed by atoms with Crippen LogP contribution in [-0.4, -0.2) is 32.9 Å². The van der Waals surface area contributed by atoms with Crippen molar-refractivity contribution in [2.45, 2.75) is 13.0 Å². The van der Waals surface area contributed by atoms with E-state index in [4.69, 9.17) is 10.00 Å². The molecule has 0 spiro atoms. The van der Waals surface area contributed by atoms with E-state index in [-0.39, 0.29) is 13.1 Å². The molecule has 0 saturated carbocycles. The Morgan fingerprint density at radius 2 is 1.96 bits per heavy atom. The summed E-state index contributed by atoms with van der Waals surface area (Å²) in [4.78, 5) is 0. The lowest BCUT2D eigenvalue weighted by atomic mass is 10.1. The van der Waals surface area contributed by atoms with E-state index in [1.165, 1.54) is 8.61 Å². The average Bonchev–Trinajstić information content (AvgIpc) is 2.87. The zero-order valence-electron chi connectivity index (χ0n) is 14.1. The normalized spacial score (nSPS) is 19.6. The predicted octanol–water partition coefficient (Wildman–Crippen LogP) is 2.64. The minimum atomic E-state index is -3.77. The summed E-state index contributed by atoms with van der Waals surface area (Å²) in [5.74, 6) is 0.664. The molecule has 2 aromatic rings. The van der Waals surface area contributed by atoms with Crippen LogP contribution in [0.5, 0.6) is 5.75 Å². The van der Waals surface area contributed by atoms with Crippen LogP contribution in [0.3, 0.4) is 0 Å². The van der Waals surface area contributed by atoms with Gasteiger partial charge in [0.05, 0.1) is 24.9 Å². The van der Waals surface area contributed by atoms with E-state index in [0.717, 1.165) is 11.1 Å². The molecular formula is C18H19N3O3S. The number of hydrogen-bond acceptors (Lipinski definition) is 4. The van der Waals surface area contributed by atoms with Crippen molar-refractivity contribution in [3.05, 3.63) is 59.7 Å². The smallest absolute Gasteiger partial charge is 0.305 e. The fourth-order valence-electron chi connectivity index (χ4n) is 2.97. The second-order valence-electron chi connectivity index (χ2n) is 5.88. The van der Waals surface area contributed by atoms with Gasteiger partial charge in [-0.25, -0.2) is 4.31 Å². The Balaban J connectivity index is 2.10. The molecule has 25 heavy (non-hydrogen) atoms. The van der Waals surface area contributed by atoms with Crippen molar-refractivity contribution >= 4 is 15.9 Å². The molecule has 3 rings (SSSR count). The SMILES string of the molecule is COc1cccc([C@H]2CN(CC#N)S(=O)(=O)N2c2ccc(C)cc2)c1. The van der Waals surface area contributed by atoms with Crippen molar-refractivity contribution in [1.29, 1.82) is 5.26 Å². The molecule has 0 aliphatic carbocycles. The summed E-state index contributed by atoms with van der Waals surface area (Å²) in [6.07, 6.45) is 0. The number of hydrogen-bond donors (Lipinski definition) is 0. The molecule has 0 aromatic heterocycles. The maximum atomic E-state index is 13.0. The van der Waals surface area contributed by atoms with Crippen molar-refractivity contribution in [3.63, 3.8) is 0 Å². The van der Waals surface area contributed by atoms with Gasteiger partial charge in [-0.2, -0.15) is 18.0 Å². The highest BCUT2D eigenvalue weighted by Gasteiger charge is 2.44. The summed E-state index contributed by atoms with van der Waals surface area (Å²) in [6, 6.07) is 16.2. The molecule has 6 nitrogen and oxygen atoms in total. The zero-order valence-corrected chi connectivity index (χ0v) is 14.9. The van der Waals surface area contributed by atoms with E-state index in [9.17, 15) is 8.42 Å². The van der Waals surface area contributed by atoms with Crippen LogP contribution in [0.15, 0.2) is 48.5 Å². The monoisotopic (exact) mass is 357 g/mol. The highest BCUT2D eigenvalue weighted by Crippen LogP contribution is 2.38. The number of nitrogens with zero attached hydrogens (tertiary/aromatic N) is 3. The van der Waals surface area contributed by atoms with Crippen LogP contribution in [0.1, 0.15) is 17.2 Å². The lowest BCUT2D eigenvalue weighted by molar-refractivity contribution is 0.413. The molecule has 7 heteroatoms. The Labute approximate surface area is 148 Å². The minimum absolute atomic E-state index is 0.175. The third-order valence-electron chi connectivity index (χ3n) is 4.25. The Bertz CT molecular complexity index is 904. The summed E-state index contributed by atoms with van der Waals surface area (Å²) in [5.41, 5.74) is 2.45. The molecular weight excluding hydrogens is 338 g/mol. The van der Waals surface area contributed by atoms with Gasteiger partial charge in [0, 0.05) is 6.54 Å². The number of methoxy groups -OCH3 is 1. The predicted molar refractivity (Wildman–Crippen MR) is 95.5 cm³/mol. The molecule has 1 aliphatic heterocycles. The van der Waals surface area contributed by atoms with Crippen molar-refractivity contribution in [1.82, 2.24) is 4.31 Å². The first-order valence-corrected chi connectivity index (χ1v) is 9.24. The number of anilines is 1. The second-order valence-corrected chi connectivity index (χ2v) is 7.69. The van der Waals surface area contributed by atoms with Gasteiger partial charge in [-0.15, -0.1) is 0 Å². The van der Waals surface area contributed by atoms with E-state index in [0.29, 0.717) is 11.4 Å². The van der Waals surface area contributed by atoms with Gasteiger partial charge in [-0.3, -0.25) is 0 Å². The lowest BCUT2D eigenvalue weighted by Gasteiger charge is -2.25. The summed E-state index contributed by atoms with van der Waals surface area (Å²) in [5, 5.41) is 9.00. The van der Waals surface area contributed by atoms with Crippen molar-refractivity contribution in [2.24, 2.45) is 0 Å². The van der Waals surface area contributed by atoms with Crippen LogP contribution in [-0.2, 0) is 10.2 Å². The Morgan fingerprint density at radius 1 is 1.24 bits per heavy atom. The first kappa shape index (κ1) is 17.3. The molecule has 0 bridgehead atoms. The van der Waals surface area contributed by atoms with Gasteiger partial charge in [0.15, 0.2) is 0 Å². The quantitative estimate of drug-likeness (QED) is 0.789. The Hall–Kier alpha value is -2.56. The van der Waals surface area contributed by atoms with Gasteiger partial charge >= 0.3 is 10.2 Å². The van der Waals surface area contributed by atoms with Crippen LogP contribution < -0.4 is 9.04 Å². The van der Waals surface area contributed by atoms with Crippen LogP contribution in [0.2, 0.25) is 0 Å². The van der Waals surface area contributed by atoms with E-state index >= 15 is 0 Å². The third-order valence-corrected chi connectivity index (χ3v) is 6.14. The van der Waals surface area contributed by atoms with Gasteiger partial charge in [0.2, 0.25) is 0 Å². The van der Waals surface area contributed by atoms with Gasteiger partial charge in [-0.05, 0) is 36.8 Å². The number of aryl methyl sites for hydroxylation is 1. The van der Waals surface area contributed by atoms with Crippen LogP contribution in [0.4, 0.5) is 5.69 Å². The van der Waals surface area contributed by atoms with Gasteiger partial charge < -0.3 is 4.74 Å². The largest absolute Gasteiger partial charge is 0.497 e. The highest BCUT2D eigenvalue weighted by atomic mass is 32.2. The second kappa shape index (κ2) is 6.75. The van der Waals surface area contributed by atoms with Crippen LogP contribution in [0.25, 0.3) is 0 Å².